The van der Waals surface area contributed by atoms with Crippen molar-refractivity contribution in [2.45, 2.75) is 6.18 Å². The van der Waals surface area contributed by atoms with Crippen LogP contribution in [0.2, 0.25) is 0 Å². The quantitative estimate of drug-likeness (QED) is 0.788. The number of halogens is 3. The molecule has 0 unspecified atom stereocenters. The number of hydrogen-bond acceptors (Lipinski definition) is 2. The molecule has 2 aromatic rings. The van der Waals surface area contributed by atoms with Gasteiger partial charge in [0.2, 0.25) is 0 Å². The highest BCUT2D eigenvalue weighted by Gasteiger charge is 2.34. The van der Waals surface area contributed by atoms with Crippen LogP contribution in [0, 0.1) is 0 Å². The fourth-order valence-corrected chi connectivity index (χ4v) is 1.43. The summed E-state index contributed by atoms with van der Waals surface area (Å²) in [4.78, 5) is 0. The van der Waals surface area contributed by atoms with Gasteiger partial charge in [-0.1, -0.05) is 18.2 Å². The molecule has 1 aromatic heterocycles. The van der Waals surface area contributed by atoms with Gasteiger partial charge in [-0.25, -0.2) is 0 Å². The average Bonchev–Trinajstić information content (AvgIpc) is 2.63. The summed E-state index contributed by atoms with van der Waals surface area (Å²) < 4.78 is 38.0. The molecule has 0 spiro atoms. The van der Waals surface area contributed by atoms with E-state index < -0.39 is 11.7 Å². The highest BCUT2D eigenvalue weighted by Crippen LogP contribution is 2.38. The molecule has 1 aromatic carbocycles. The third-order valence-electron chi connectivity index (χ3n) is 2.12. The van der Waals surface area contributed by atoms with Gasteiger partial charge in [0.1, 0.15) is 5.69 Å². The van der Waals surface area contributed by atoms with E-state index in [9.17, 15) is 18.3 Å². The molecule has 0 aliphatic heterocycles. The van der Waals surface area contributed by atoms with Crippen molar-refractivity contribution >= 4 is 0 Å². The maximum Gasteiger partial charge on any atom is 0.417 e. The van der Waals surface area contributed by atoms with E-state index in [1.807, 2.05) is 0 Å². The van der Waals surface area contributed by atoms with E-state index in [2.05, 4.69) is 10.2 Å². The second-order valence-corrected chi connectivity index (χ2v) is 3.17. The molecule has 0 aliphatic rings. The van der Waals surface area contributed by atoms with Gasteiger partial charge >= 0.3 is 6.18 Å². The second kappa shape index (κ2) is 3.55. The van der Waals surface area contributed by atoms with E-state index in [0.29, 0.717) is 0 Å². The third kappa shape index (κ3) is 1.73. The second-order valence-electron chi connectivity index (χ2n) is 3.17. The predicted octanol–water partition coefficient (Wildman–Crippen LogP) is 2.80. The number of nitrogens with zero attached hydrogens (tertiary/aromatic N) is 1. The molecule has 0 fully saturated rings. The molecular formula is C10H7F3N2O. The summed E-state index contributed by atoms with van der Waals surface area (Å²) in [5, 5.41) is 15.1. The molecule has 0 saturated heterocycles. The largest absolute Gasteiger partial charge is 0.504 e. The van der Waals surface area contributed by atoms with Gasteiger partial charge in [-0.15, -0.1) is 0 Å². The number of benzene rings is 1. The Labute approximate surface area is 88.5 Å². The van der Waals surface area contributed by atoms with Crippen molar-refractivity contribution in [3.8, 4) is 17.0 Å². The molecular weight excluding hydrogens is 221 g/mol. The molecule has 0 saturated carbocycles. The highest BCUT2D eigenvalue weighted by molar-refractivity contribution is 5.69. The Balaban J connectivity index is 2.62. The van der Waals surface area contributed by atoms with Crippen LogP contribution in [0.15, 0.2) is 30.5 Å². The summed E-state index contributed by atoms with van der Waals surface area (Å²) in [6.45, 7) is 0. The molecule has 1 heterocycles. The first kappa shape index (κ1) is 10.5. The van der Waals surface area contributed by atoms with Crippen LogP contribution in [0.5, 0.6) is 5.75 Å². The molecule has 6 heteroatoms. The first-order valence-corrected chi connectivity index (χ1v) is 4.39. The Bertz CT molecular complexity index is 505. The summed E-state index contributed by atoms with van der Waals surface area (Å²) in [7, 11) is 0. The van der Waals surface area contributed by atoms with Crippen LogP contribution in [0.3, 0.4) is 0 Å². The van der Waals surface area contributed by atoms with Crippen molar-refractivity contribution in [2.24, 2.45) is 0 Å². The number of aromatic hydroxyl groups is 1. The van der Waals surface area contributed by atoms with E-state index >= 15 is 0 Å². The van der Waals surface area contributed by atoms with Crippen LogP contribution >= 0.6 is 0 Å². The maximum atomic E-state index is 12.7. The number of aromatic nitrogens is 2. The summed E-state index contributed by atoms with van der Waals surface area (Å²) in [6.07, 6.45) is -3.41. The van der Waals surface area contributed by atoms with Crippen molar-refractivity contribution in [1.29, 1.82) is 0 Å². The minimum absolute atomic E-state index is 0.0343. The van der Waals surface area contributed by atoms with Crippen LogP contribution in [-0.4, -0.2) is 15.3 Å². The third-order valence-corrected chi connectivity index (χ3v) is 2.12. The molecule has 16 heavy (non-hydrogen) atoms. The summed E-state index contributed by atoms with van der Waals surface area (Å²) in [6, 6.07) is 4.98. The SMILES string of the molecule is Oc1cn[nH]c1-c1ccccc1C(F)(F)F. The lowest BCUT2D eigenvalue weighted by Crippen LogP contribution is -2.06. The van der Waals surface area contributed by atoms with Crippen molar-refractivity contribution < 1.29 is 18.3 Å². The van der Waals surface area contributed by atoms with Gasteiger partial charge in [-0.2, -0.15) is 18.3 Å². The lowest BCUT2D eigenvalue weighted by molar-refractivity contribution is -0.137. The lowest BCUT2D eigenvalue weighted by atomic mass is 10.0. The van der Waals surface area contributed by atoms with Gasteiger partial charge in [-0.05, 0) is 6.07 Å². The Kier molecular flexibility index (Phi) is 2.34. The Hall–Kier alpha value is -1.98. The topological polar surface area (TPSA) is 48.9 Å². The normalized spacial score (nSPS) is 11.7. The average molecular weight is 228 g/mol. The van der Waals surface area contributed by atoms with Gasteiger partial charge in [0.15, 0.2) is 5.75 Å². The number of hydrogen-bond donors (Lipinski definition) is 2. The molecule has 0 amide bonds. The van der Waals surface area contributed by atoms with E-state index in [-0.39, 0.29) is 17.0 Å². The number of H-pyrrole nitrogens is 1. The van der Waals surface area contributed by atoms with Gasteiger partial charge in [0.05, 0.1) is 11.8 Å². The standard InChI is InChI=1S/C10H7F3N2O/c11-10(12,13)7-4-2-1-3-6(7)9-8(16)5-14-15-9/h1-5,16H,(H,14,15). The number of nitrogens with one attached hydrogen (secondary N) is 1. The summed E-state index contributed by atoms with van der Waals surface area (Å²) in [5.74, 6) is -0.309. The zero-order chi connectivity index (χ0) is 11.8. The fraction of sp³-hybridized carbons (Fsp3) is 0.100. The van der Waals surface area contributed by atoms with Crippen LogP contribution in [0.25, 0.3) is 11.3 Å². The Morgan fingerprint density at radius 2 is 1.88 bits per heavy atom. The van der Waals surface area contributed by atoms with E-state index in [1.165, 1.54) is 18.2 Å². The number of alkyl halides is 3. The molecule has 0 bridgehead atoms. The number of rotatable bonds is 1. The molecule has 2 rings (SSSR count). The van der Waals surface area contributed by atoms with Crippen molar-refractivity contribution in [1.82, 2.24) is 10.2 Å². The summed E-state index contributed by atoms with van der Waals surface area (Å²) >= 11 is 0. The lowest BCUT2D eigenvalue weighted by Gasteiger charge is -2.11. The molecule has 0 radical (unpaired) electrons. The van der Waals surface area contributed by atoms with Crippen molar-refractivity contribution in [3.63, 3.8) is 0 Å². The molecule has 2 N–H and O–H groups in total. The summed E-state index contributed by atoms with van der Waals surface area (Å²) in [5.41, 5.74) is -0.965. The van der Waals surface area contributed by atoms with E-state index in [0.717, 1.165) is 12.3 Å². The fourth-order valence-electron chi connectivity index (χ4n) is 1.43. The smallest absolute Gasteiger partial charge is 0.417 e. The minimum Gasteiger partial charge on any atom is -0.504 e. The monoisotopic (exact) mass is 228 g/mol. The Morgan fingerprint density at radius 1 is 1.19 bits per heavy atom. The van der Waals surface area contributed by atoms with Gasteiger partial charge < -0.3 is 5.11 Å². The molecule has 0 atom stereocenters. The van der Waals surface area contributed by atoms with Crippen molar-refractivity contribution in [2.75, 3.05) is 0 Å². The zero-order valence-corrected chi connectivity index (χ0v) is 7.92. The van der Waals surface area contributed by atoms with Crippen LogP contribution < -0.4 is 0 Å². The Morgan fingerprint density at radius 3 is 2.44 bits per heavy atom. The van der Waals surface area contributed by atoms with Crippen LogP contribution in [0.4, 0.5) is 13.2 Å². The van der Waals surface area contributed by atoms with Crippen molar-refractivity contribution in [3.05, 3.63) is 36.0 Å². The van der Waals surface area contributed by atoms with Gasteiger partial charge in [-0.3, -0.25) is 5.10 Å². The molecule has 84 valence electrons. The first-order valence-electron chi connectivity index (χ1n) is 4.39. The van der Waals surface area contributed by atoms with Gasteiger partial charge in [0, 0.05) is 5.56 Å². The molecule has 0 aliphatic carbocycles. The van der Waals surface area contributed by atoms with E-state index in [4.69, 9.17) is 0 Å². The van der Waals surface area contributed by atoms with E-state index in [1.54, 1.807) is 0 Å². The highest BCUT2D eigenvalue weighted by atomic mass is 19.4. The maximum absolute atomic E-state index is 12.7. The minimum atomic E-state index is -4.46. The first-order chi connectivity index (χ1) is 7.50. The van der Waals surface area contributed by atoms with Gasteiger partial charge in [0.25, 0.3) is 0 Å². The van der Waals surface area contributed by atoms with Crippen LogP contribution in [0.1, 0.15) is 5.56 Å². The predicted molar refractivity (Wildman–Crippen MR) is 50.7 cm³/mol. The van der Waals surface area contributed by atoms with Crippen LogP contribution in [-0.2, 0) is 6.18 Å². The molecule has 3 nitrogen and oxygen atoms in total. The number of aromatic amines is 1. The zero-order valence-electron chi connectivity index (χ0n) is 7.92.